The summed E-state index contributed by atoms with van der Waals surface area (Å²) >= 11 is 3.53. The molecular weight excluding hydrogens is 384 g/mol. The summed E-state index contributed by atoms with van der Waals surface area (Å²) in [7, 11) is 6.81. The zero-order valence-electron chi connectivity index (χ0n) is 14.5. The predicted octanol–water partition coefficient (Wildman–Crippen LogP) is 4.79. The van der Waals surface area contributed by atoms with E-state index < -0.39 is 0 Å². The van der Waals surface area contributed by atoms with E-state index >= 15 is 0 Å². The lowest BCUT2D eigenvalue weighted by Gasteiger charge is -2.23. The van der Waals surface area contributed by atoms with Crippen LogP contribution in [0.3, 0.4) is 0 Å². The molecule has 1 heterocycles. The normalized spacial score (nSPS) is 10.6. The molecule has 0 N–H and O–H groups in total. The Morgan fingerprint density at radius 2 is 1.60 bits per heavy atom. The maximum absolute atomic E-state index is 5.46. The Balaban J connectivity index is 2.16. The molecule has 5 nitrogen and oxygen atoms in total. The molecule has 0 amide bonds. The fraction of sp³-hybridized carbons (Fsp3) is 0.211. The summed E-state index contributed by atoms with van der Waals surface area (Å²) in [6.45, 7) is 0. The van der Waals surface area contributed by atoms with Gasteiger partial charge in [-0.2, -0.15) is 0 Å². The van der Waals surface area contributed by atoms with Crippen molar-refractivity contribution < 1.29 is 14.2 Å². The number of fused-ring (bicyclic) bond motifs is 1. The van der Waals surface area contributed by atoms with Gasteiger partial charge in [-0.15, -0.1) is 0 Å². The van der Waals surface area contributed by atoms with E-state index in [4.69, 9.17) is 14.2 Å². The zero-order chi connectivity index (χ0) is 18.0. The fourth-order valence-electron chi connectivity index (χ4n) is 2.80. The van der Waals surface area contributed by atoms with Crippen molar-refractivity contribution in [2.45, 2.75) is 0 Å². The summed E-state index contributed by atoms with van der Waals surface area (Å²) in [4.78, 5) is 6.51. The molecular formula is C19H19BrN2O3. The van der Waals surface area contributed by atoms with Crippen LogP contribution < -0.4 is 19.1 Å². The Labute approximate surface area is 155 Å². The summed E-state index contributed by atoms with van der Waals surface area (Å²) in [5, 5.41) is 1.05. The predicted molar refractivity (Wildman–Crippen MR) is 104 cm³/mol. The van der Waals surface area contributed by atoms with Gasteiger partial charge >= 0.3 is 0 Å². The lowest BCUT2D eigenvalue weighted by molar-refractivity contribution is 0.324. The molecule has 0 saturated heterocycles. The lowest BCUT2D eigenvalue weighted by Crippen LogP contribution is -2.11. The Kier molecular flexibility index (Phi) is 4.99. The minimum atomic E-state index is 0.574. The van der Waals surface area contributed by atoms with Crippen LogP contribution in [0, 0.1) is 0 Å². The molecule has 3 rings (SSSR count). The van der Waals surface area contributed by atoms with Gasteiger partial charge in [-0.1, -0.05) is 15.9 Å². The minimum Gasteiger partial charge on any atom is -0.493 e. The van der Waals surface area contributed by atoms with Gasteiger partial charge in [0.1, 0.15) is 0 Å². The van der Waals surface area contributed by atoms with E-state index in [1.807, 2.05) is 37.4 Å². The standard InChI is InChI=1S/C19H19BrN2O3/c1-22(13-10-17(23-2)19(25-4)18(11-13)24-3)16-7-8-21-15-6-5-12(20)9-14(15)16/h5-11H,1-4H3. The molecule has 0 aliphatic heterocycles. The van der Waals surface area contributed by atoms with E-state index in [9.17, 15) is 0 Å². The van der Waals surface area contributed by atoms with Crippen molar-refractivity contribution in [3.8, 4) is 17.2 Å². The maximum atomic E-state index is 5.46. The second-order valence-electron chi connectivity index (χ2n) is 5.43. The van der Waals surface area contributed by atoms with Crippen molar-refractivity contribution in [2.24, 2.45) is 0 Å². The molecule has 0 spiro atoms. The molecule has 0 saturated carbocycles. The number of pyridine rings is 1. The highest BCUT2D eigenvalue weighted by molar-refractivity contribution is 9.10. The first kappa shape index (κ1) is 17.4. The summed E-state index contributed by atoms with van der Waals surface area (Å²) in [5.74, 6) is 1.80. The number of nitrogens with zero attached hydrogens (tertiary/aromatic N) is 2. The van der Waals surface area contributed by atoms with Crippen LogP contribution in [-0.2, 0) is 0 Å². The van der Waals surface area contributed by atoms with Crippen LogP contribution in [0.15, 0.2) is 47.1 Å². The van der Waals surface area contributed by atoms with Gasteiger partial charge in [0.25, 0.3) is 0 Å². The van der Waals surface area contributed by atoms with Gasteiger partial charge in [0.05, 0.1) is 32.5 Å². The van der Waals surface area contributed by atoms with Crippen LogP contribution in [0.4, 0.5) is 11.4 Å². The topological polar surface area (TPSA) is 43.8 Å². The highest BCUT2D eigenvalue weighted by atomic mass is 79.9. The van der Waals surface area contributed by atoms with Gasteiger partial charge < -0.3 is 19.1 Å². The van der Waals surface area contributed by atoms with Crippen molar-refractivity contribution >= 4 is 38.2 Å². The number of anilines is 2. The maximum Gasteiger partial charge on any atom is 0.203 e. The van der Waals surface area contributed by atoms with Crippen molar-refractivity contribution in [3.63, 3.8) is 0 Å². The smallest absolute Gasteiger partial charge is 0.203 e. The lowest BCUT2D eigenvalue weighted by atomic mass is 10.1. The van der Waals surface area contributed by atoms with Crippen molar-refractivity contribution in [2.75, 3.05) is 33.3 Å². The summed E-state index contributed by atoms with van der Waals surface area (Å²) in [6, 6.07) is 11.9. The zero-order valence-corrected chi connectivity index (χ0v) is 16.1. The van der Waals surface area contributed by atoms with E-state index in [0.29, 0.717) is 17.2 Å². The highest BCUT2D eigenvalue weighted by Crippen LogP contribution is 2.43. The molecule has 2 aromatic carbocycles. The van der Waals surface area contributed by atoms with Gasteiger partial charge in [0.2, 0.25) is 5.75 Å². The molecule has 25 heavy (non-hydrogen) atoms. The number of methoxy groups -OCH3 is 3. The number of hydrogen-bond acceptors (Lipinski definition) is 5. The largest absolute Gasteiger partial charge is 0.493 e. The molecule has 1 aromatic heterocycles. The molecule has 0 radical (unpaired) electrons. The first-order valence-electron chi connectivity index (χ1n) is 7.67. The molecule has 0 bridgehead atoms. The van der Waals surface area contributed by atoms with E-state index in [2.05, 4.69) is 31.9 Å². The number of hydrogen-bond donors (Lipinski definition) is 0. The van der Waals surface area contributed by atoms with E-state index in [-0.39, 0.29) is 0 Å². The molecule has 0 fully saturated rings. The summed E-state index contributed by atoms with van der Waals surface area (Å²) in [5.41, 5.74) is 2.88. The van der Waals surface area contributed by atoms with E-state index in [1.54, 1.807) is 27.5 Å². The third-order valence-electron chi connectivity index (χ3n) is 4.08. The minimum absolute atomic E-state index is 0.574. The fourth-order valence-corrected chi connectivity index (χ4v) is 3.16. The van der Waals surface area contributed by atoms with Gasteiger partial charge in [-0.05, 0) is 24.3 Å². The van der Waals surface area contributed by atoms with Crippen molar-refractivity contribution in [1.29, 1.82) is 0 Å². The van der Waals surface area contributed by atoms with Gasteiger partial charge in [0, 0.05) is 40.9 Å². The monoisotopic (exact) mass is 402 g/mol. The Morgan fingerprint density at radius 1 is 0.920 bits per heavy atom. The van der Waals surface area contributed by atoms with Crippen LogP contribution >= 0.6 is 15.9 Å². The van der Waals surface area contributed by atoms with Gasteiger partial charge in [0.15, 0.2) is 11.5 Å². The SMILES string of the molecule is COc1cc(N(C)c2ccnc3ccc(Br)cc23)cc(OC)c1OC. The average Bonchev–Trinajstić information content (AvgIpc) is 2.65. The second kappa shape index (κ2) is 7.19. The number of halogens is 1. The quantitative estimate of drug-likeness (QED) is 0.613. The van der Waals surface area contributed by atoms with Gasteiger partial charge in [-0.25, -0.2) is 0 Å². The van der Waals surface area contributed by atoms with E-state index in [0.717, 1.165) is 26.8 Å². The number of benzene rings is 2. The highest BCUT2D eigenvalue weighted by Gasteiger charge is 2.17. The number of ether oxygens (including phenoxy) is 3. The molecule has 6 heteroatoms. The molecule has 130 valence electrons. The first-order chi connectivity index (χ1) is 12.1. The molecule has 0 aliphatic carbocycles. The Bertz CT molecular complexity index is 889. The number of aromatic nitrogens is 1. The van der Waals surface area contributed by atoms with Crippen LogP contribution in [0.25, 0.3) is 10.9 Å². The average molecular weight is 403 g/mol. The number of rotatable bonds is 5. The molecule has 0 atom stereocenters. The molecule has 3 aromatic rings. The summed E-state index contributed by atoms with van der Waals surface area (Å²) < 4.78 is 17.3. The van der Waals surface area contributed by atoms with Crippen LogP contribution in [0.5, 0.6) is 17.2 Å². The van der Waals surface area contributed by atoms with Gasteiger partial charge in [-0.3, -0.25) is 4.98 Å². The second-order valence-corrected chi connectivity index (χ2v) is 6.35. The van der Waals surface area contributed by atoms with Crippen LogP contribution in [0.1, 0.15) is 0 Å². The third kappa shape index (κ3) is 3.22. The Hall–Kier alpha value is -2.47. The van der Waals surface area contributed by atoms with Crippen molar-refractivity contribution in [3.05, 3.63) is 47.1 Å². The van der Waals surface area contributed by atoms with Crippen LogP contribution in [-0.4, -0.2) is 33.4 Å². The van der Waals surface area contributed by atoms with E-state index in [1.165, 1.54) is 0 Å². The molecule has 0 unspecified atom stereocenters. The third-order valence-corrected chi connectivity index (χ3v) is 4.57. The summed E-state index contributed by atoms with van der Waals surface area (Å²) in [6.07, 6.45) is 1.81. The van der Waals surface area contributed by atoms with Crippen LogP contribution in [0.2, 0.25) is 0 Å². The van der Waals surface area contributed by atoms with Crippen molar-refractivity contribution in [1.82, 2.24) is 4.98 Å². The first-order valence-corrected chi connectivity index (χ1v) is 8.46. The Morgan fingerprint density at radius 3 is 2.20 bits per heavy atom. The molecule has 0 aliphatic rings.